The summed E-state index contributed by atoms with van der Waals surface area (Å²) in [6, 6.07) is 9.53. The molecule has 1 aliphatic rings. The van der Waals surface area contributed by atoms with Crippen LogP contribution < -0.4 is 15.4 Å². The third-order valence-corrected chi connectivity index (χ3v) is 5.27. The van der Waals surface area contributed by atoms with E-state index in [4.69, 9.17) is 9.15 Å². The second kappa shape index (κ2) is 8.14. The zero-order valence-electron chi connectivity index (χ0n) is 17.4. The number of urea groups is 1. The SMILES string of the molecule is COc1ccc(CN(C=O)C[C@@]2(c3cc4cc(C(C)=O)cnc4o3)NC(=O)NC2=O)cc1. The summed E-state index contributed by atoms with van der Waals surface area (Å²) in [5.74, 6) is -0.0547. The van der Waals surface area contributed by atoms with Gasteiger partial charge in [-0.1, -0.05) is 12.1 Å². The zero-order valence-corrected chi connectivity index (χ0v) is 17.4. The summed E-state index contributed by atoms with van der Waals surface area (Å²) in [5, 5.41) is 5.29. The highest BCUT2D eigenvalue weighted by Crippen LogP contribution is 2.31. The summed E-state index contributed by atoms with van der Waals surface area (Å²) >= 11 is 0. The molecule has 0 bridgehead atoms. The molecule has 0 spiro atoms. The van der Waals surface area contributed by atoms with Gasteiger partial charge < -0.3 is 19.4 Å². The number of nitrogens with one attached hydrogen (secondary N) is 2. The van der Waals surface area contributed by atoms with Crippen molar-refractivity contribution < 1.29 is 28.3 Å². The lowest BCUT2D eigenvalue weighted by Gasteiger charge is -2.29. The average Bonchev–Trinajstić information content (AvgIpc) is 3.34. The van der Waals surface area contributed by atoms with E-state index < -0.39 is 17.5 Å². The maximum absolute atomic E-state index is 12.9. The largest absolute Gasteiger partial charge is 0.497 e. The summed E-state index contributed by atoms with van der Waals surface area (Å²) in [6.45, 7) is 1.42. The molecular formula is C22H20N4O6. The highest BCUT2D eigenvalue weighted by atomic mass is 16.5. The number of pyridine rings is 1. The Kier molecular flexibility index (Phi) is 5.35. The Morgan fingerprint density at radius 1 is 1.25 bits per heavy atom. The number of Topliss-reactive ketones (excluding diaryl/α,β-unsaturated/α-hetero) is 1. The maximum atomic E-state index is 12.9. The van der Waals surface area contributed by atoms with Crippen molar-refractivity contribution in [1.29, 1.82) is 0 Å². The van der Waals surface area contributed by atoms with Crippen molar-refractivity contribution >= 4 is 35.2 Å². The van der Waals surface area contributed by atoms with E-state index in [9.17, 15) is 19.2 Å². The topological polar surface area (TPSA) is 131 Å². The van der Waals surface area contributed by atoms with Crippen molar-refractivity contribution in [2.45, 2.75) is 19.0 Å². The Morgan fingerprint density at radius 3 is 2.59 bits per heavy atom. The van der Waals surface area contributed by atoms with E-state index in [1.54, 1.807) is 37.4 Å². The Balaban J connectivity index is 1.69. The number of ether oxygens (including phenoxy) is 1. The number of benzene rings is 1. The Bertz CT molecular complexity index is 1220. The first-order valence-electron chi connectivity index (χ1n) is 9.71. The van der Waals surface area contributed by atoms with Crippen LogP contribution >= 0.6 is 0 Å². The highest BCUT2D eigenvalue weighted by Gasteiger charge is 2.51. The van der Waals surface area contributed by atoms with Crippen LogP contribution in [0, 0.1) is 0 Å². The van der Waals surface area contributed by atoms with Crippen LogP contribution in [0.1, 0.15) is 28.6 Å². The predicted molar refractivity (Wildman–Crippen MR) is 112 cm³/mol. The van der Waals surface area contributed by atoms with E-state index in [-0.39, 0.29) is 30.3 Å². The molecule has 4 rings (SSSR count). The van der Waals surface area contributed by atoms with Crippen molar-refractivity contribution in [2.24, 2.45) is 0 Å². The summed E-state index contributed by atoms with van der Waals surface area (Å²) in [7, 11) is 1.55. The lowest BCUT2D eigenvalue weighted by molar-refractivity contribution is -0.127. The molecule has 0 unspecified atom stereocenters. The van der Waals surface area contributed by atoms with E-state index in [0.717, 1.165) is 5.56 Å². The fourth-order valence-electron chi connectivity index (χ4n) is 3.59. The minimum Gasteiger partial charge on any atom is -0.497 e. The van der Waals surface area contributed by atoms with Gasteiger partial charge in [-0.3, -0.25) is 19.7 Å². The van der Waals surface area contributed by atoms with E-state index in [0.29, 0.717) is 23.1 Å². The molecular weight excluding hydrogens is 416 g/mol. The number of carbonyl (C=O) groups excluding carboxylic acids is 4. The number of amides is 4. The summed E-state index contributed by atoms with van der Waals surface area (Å²) in [4.78, 5) is 53.9. The first-order chi connectivity index (χ1) is 15.3. The first kappa shape index (κ1) is 21.0. The van der Waals surface area contributed by atoms with Crippen molar-refractivity contribution in [3.05, 3.63) is 59.5 Å². The minimum absolute atomic E-state index is 0.102. The van der Waals surface area contributed by atoms with Gasteiger partial charge >= 0.3 is 6.03 Å². The standard InChI is InChI=1S/C22H20N4O6/c1-13(28)16-7-15-8-18(32-19(15)23-9-16)22(20(29)24-21(30)25-22)11-26(12-27)10-14-3-5-17(31-2)6-4-14/h3-9,12H,10-11H2,1-2H3,(H2,24,25,29,30)/t22-/m0/s1. The highest BCUT2D eigenvalue weighted by molar-refractivity contribution is 6.07. The maximum Gasteiger partial charge on any atom is 0.322 e. The molecule has 0 aliphatic carbocycles. The van der Waals surface area contributed by atoms with Gasteiger partial charge in [-0.15, -0.1) is 0 Å². The van der Waals surface area contributed by atoms with E-state index in [1.165, 1.54) is 24.1 Å². The molecule has 3 aromatic rings. The van der Waals surface area contributed by atoms with E-state index >= 15 is 0 Å². The van der Waals surface area contributed by atoms with E-state index in [2.05, 4.69) is 15.6 Å². The van der Waals surface area contributed by atoms with Gasteiger partial charge in [-0.25, -0.2) is 9.78 Å². The number of carbonyl (C=O) groups is 4. The summed E-state index contributed by atoms with van der Waals surface area (Å²) in [6.07, 6.45) is 1.97. The van der Waals surface area contributed by atoms with Gasteiger partial charge in [0, 0.05) is 23.7 Å². The molecule has 3 heterocycles. The molecule has 32 heavy (non-hydrogen) atoms. The Hall–Kier alpha value is -4.21. The molecule has 10 heteroatoms. The summed E-state index contributed by atoms with van der Waals surface area (Å²) in [5.41, 5.74) is -0.268. The smallest absolute Gasteiger partial charge is 0.322 e. The van der Waals surface area contributed by atoms with Gasteiger partial charge in [0.25, 0.3) is 5.91 Å². The van der Waals surface area contributed by atoms with Crippen LogP contribution in [0.5, 0.6) is 5.75 Å². The number of hydrogen-bond donors (Lipinski definition) is 2. The van der Waals surface area contributed by atoms with Crippen molar-refractivity contribution in [2.75, 3.05) is 13.7 Å². The number of furan rings is 1. The molecule has 1 atom stereocenters. The van der Waals surface area contributed by atoms with Gasteiger partial charge in [-0.2, -0.15) is 0 Å². The zero-order chi connectivity index (χ0) is 22.9. The molecule has 10 nitrogen and oxygen atoms in total. The lowest BCUT2D eigenvalue weighted by Crippen LogP contribution is -2.52. The van der Waals surface area contributed by atoms with E-state index in [1.807, 2.05) is 0 Å². The molecule has 2 N–H and O–H groups in total. The third-order valence-electron chi connectivity index (χ3n) is 5.27. The number of aromatic nitrogens is 1. The van der Waals surface area contributed by atoms with Gasteiger partial charge in [0.2, 0.25) is 12.1 Å². The van der Waals surface area contributed by atoms with Gasteiger partial charge in [0.1, 0.15) is 11.5 Å². The minimum atomic E-state index is -1.65. The Morgan fingerprint density at radius 2 is 2.00 bits per heavy atom. The van der Waals surface area contributed by atoms with Crippen LogP contribution in [0.25, 0.3) is 11.1 Å². The molecule has 1 aromatic carbocycles. The second-order valence-electron chi connectivity index (χ2n) is 7.46. The number of methoxy groups -OCH3 is 1. The monoisotopic (exact) mass is 436 g/mol. The number of nitrogens with zero attached hydrogens (tertiary/aromatic N) is 2. The molecule has 0 radical (unpaired) electrons. The summed E-state index contributed by atoms with van der Waals surface area (Å²) < 4.78 is 10.9. The van der Waals surface area contributed by atoms with Crippen molar-refractivity contribution in [1.82, 2.24) is 20.5 Å². The first-order valence-corrected chi connectivity index (χ1v) is 9.71. The average molecular weight is 436 g/mol. The number of fused-ring (bicyclic) bond motifs is 1. The number of rotatable bonds is 8. The van der Waals surface area contributed by atoms with Crippen molar-refractivity contribution in [3.63, 3.8) is 0 Å². The molecule has 164 valence electrons. The van der Waals surface area contributed by atoms with Crippen LogP contribution in [-0.4, -0.2) is 47.7 Å². The quantitative estimate of drug-likeness (QED) is 0.312. The molecule has 1 saturated heterocycles. The lowest BCUT2D eigenvalue weighted by atomic mass is 9.95. The number of hydrogen-bond acceptors (Lipinski definition) is 7. The molecule has 4 amide bonds. The van der Waals surface area contributed by atoms with Crippen LogP contribution in [0.4, 0.5) is 4.79 Å². The molecule has 1 fully saturated rings. The van der Waals surface area contributed by atoms with Crippen molar-refractivity contribution in [3.8, 4) is 5.75 Å². The van der Waals surface area contributed by atoms with Crippen LogP contribution in [-0.2, 0) is 21.7 Å². The number of ketones is 1. The second-order valence-corrected chi connectivity index (χ2v) is 7.46. The molecule has 0 saturated carbocycles. The fourth-order valence-corrected chi connectivity index (χ4v) is 3.59. The van der Waals surface area contributed by atoms with Gasteiger partial charge in [-0.05, 0) is 36.8 Å². The molecule has 2 aromatic heterocycles. The van der Waals surface area contributed by atoms with Crippen LogP contribution in [0.15, 0.2) is 47.0 Å². The normalized spacial score (nSPS) is 17.7. The van der Waals surface area contributed by atoms with Gasteiger partial charge in [0.15, 0.2) is 11.3 Å². The van der Waals surface area contributed by atoms with Crippen LogP contribution in [0.3, 0.4) is 0 Å². The third kappa shape index (κ3) is 3.78. The van der Waals surface area contributed by atoms with Gasteiger partial charge in [0.05, 0.1) is 13.7 Å². The predicted octanol–water partition coefficient (Wildman–Crippen LogP) is 1.73. The number of imide groups is 1. The fraction of sp³-hybridized carbons (Fsp3) is 0.227. The molecule has 1 aliphatic heterocycles. The Labute approximate surface area is 182 Å². The van der Waals surface area contributed by atoms with Crippen LogP contribution in [0.2, 0.25) is 0 Å².